The lowest BCUT2D eigenvalue weighted by Crippen LogP contribution is -2.24. The number of furan rings is 1. The van der Waals surface area contributed by atoms with Gasteiger partial charge in [-0.25, -0.2) is 4.79 Å². The first-order chi connectivity index (χ1) is 8.81. The molecule has 4 nitrogen and oxygen atoms in total. The molecule has 0 aliphatic heterocycles. The summed E-state index contributed by atoms with van der Waals surface area (Å²) in [5.41, 5.74) is 1.92. The topological polar surface area (TPSA) is 40.1 Å². The monoisotopic (exact) mass is 242 g/mol. The molecule has 0 aliphatic carbocycles. The van der Waals surface area contributed by atoms with Crippen LogP contribution in [0.1, 0.15) is 12.7 Å². The first-order valence-electron chi connectivity index (χ1n) is 6.01. The second-order valence-corrected chi connectivity index (χ2v) is 4.18. The summed E-state index contributed by atoms with van der Waals surface area (Å²) in [6.07, 6.45) is 1.62. The number of benzene rings is 1. The van der Waals surface area contributed by atoms with Crippen LogP contribution >= 0.6 is 0 Å². The van der Waals surface area contributed by atoms with Crippen molar-refractivity contribution in [3.05, 3.63) is 58.9 Å². The summed E-state index contributed by atoms with van der Waals surface area (Å²) in [5, 5.41) is 0. The molecule has 0 unspecified atom stereocenters. The van der Waals surface area contributed by atoms with Gasteiger partial charge in [-0.05, 0) is 31.2 Å². The Hall–Kier alpha value is -2.23. The van der Waals surface area contributed by atoms with Crippen LogP contribution in [0.3, 0.4) is 0 Å². The van der Waals surface area contributed by atoms with E-state index in [0.29, 0.717) is 13.1 Å². The lowest BCUT2D eigenvalue weighted by molar-refractivity contribution is 0.490. The van der Waals surface area contributed by atoms with Crippen LogP contribution in [0, 0.1) is 0 Å². The normalized spacial score (nSPS) is 11.2. The minimum atomic E-state index is 0.00935. The van der Waals surface area contributed by atoms with Gasteiger partial charge in [0.15, 0.2) is 0 Å². The van der Waals surface area contributed by atoms with Crippen LogP contribution in [-0.4, -0.2) is 9.13 Å². The van der Waals surface area contributed by atoms with E-state index < -0.39 is 0 Å². The molecule has 0 bridgehead atoms. The minimum Gasteiger partial charge on any atom is -0.467 e. The maximum Gasteiger partial charge on any atom is 0.329 e. The summed E-state index contributed by atoms with van der Waals surface area (Å²) in [6, 6.07) is 11.5. The highest BCUT2D eigenvalue weighted by Crippen LogP contribution is 2.14. The molecule has 0 spiro atoms. The number of fused-ring (bicyclic) bond motifs is 1. The number of hydrogen-bond donors (Lipinski definition) is 0. The molecule has 3 aromatic rings. The number of aryl methyl sites for hydroxylation is 1. The van der Waals surface area contributed by atoms with Crippen molar-refractivity contribution in [1.29, 1.82) is 0 Å². The fourth-order valence-electron chi connectivity index (χ4n) is 2.29. The van der Waals surface area contributed by atoms with Gasteiger partial charge in [0.25, 0.3) is 0 Å². The molecular formula is C14H14N2O2. The Morgan fingerprint density at radius 3 is 2.39 bits per heavy atom. The van der Waals surface area contributed by atoms with E-state index in [1.54, 1.807) is 15.4 Å². The SMILES string of the molecule is CCn1c(=O)n(Cc2ccco2)c2ccccc21. The Morgan fingerprint density at radius 1 is 1.06 bits per heavy atom. The van der Waals surface area contributed by atoms with Gasteiger partial charge in [-0.2, -0.15) is 0 Å². The minimum absolute atomic E-state index is 0.00935. The van der Waals surface area contributed by atoms with E-state index in [0.717, 1.165) is 16.8 Å². The van der Waals surface area contributed by atoms with Crippen molar-refractivity contribution in [2.24, 2.45) is 0 Å². The lowest BCUT2D eigenvalue weighted by atomic mass is 10.3. The first-order valence-corrected chi connectivity index (χ1v) is 6.01. The van der Waals surface area contributed by atoms with Crippen LogP contribution < -0.4 is 5.69 Å². The van der Waals surface area contributed by atoms with E-state index >= 15 is 0 Å². The molecule has 0 N–H and O–H groups in total. The molecule has 92 valence electrons. The van der Waals surface area contributed by atoms with Crippen molar-refractivity contribution in [2.45, 2.75) is 20.0 Å². The van der Waals surface area contributed by atoms with E-state index in [4.69, 9.17) is 4.42 Å². The highest BCUT2D eigenvalue weighted by Gasteiger charge is 2.12. The molecule has 18 heavy (non-hydrogen) atoms. The van der Waals surface area contributed by atoms with E-state index in [1.807, 2.05) is 43.3 Å². The van der Waals surface area contributed by atoms with Gasteiger partial charge in [-0.1, -0.05) is 12.1 Å². The molecule has 0 amide bonds. The average Bonchev–Trinajstić information content (AvgIpc) is 2.98. The Balaban J connectivity index is 2.22. The first kappa shape index (κ1) is 10.9. The Bertz CT molecular complexity index is 720. The molecule has 2 heterocycles. The summed E-state index contributed by atoms with van der Waals surface area (Å²) < 4.78 is 8.84. The van der Waals surface area contributed by atoms with Crippen molar-refractivity contribution in [1.82, 2.24) is 9.13 Å². The fourth-order valence-corrected chi connectivity index (χ4v) is 2.29. The molecule has 4 heteroatoms. The van der Waals surface area contributed by atoms with Crippen molar-refractivity contribution in [3.63, 3.8) is 0 Å². The zero-order valence-electron chi connectivity index (χ0n) is 10.2. The third-order valence-corrected chi connectivity index (χ3v) is 3.14. The van der Waals surface area contributed by atoms with E-state index in [1.165, 1.54) is 0 Å². The highest BCUT2D eigenvalue weighted by atomic mass is 16.3. The van der Waals surface area contributed by atoms with Gasteiger partial charge in [0, 0.05) is 6.54 Å². The largest absolute Gasteiger partial charge is 0.467 e. The number of nitrogens with zero attached hydrogens (tertiary/aromatic N) is 2. The zero-order valence-corrected chi connectivity index (χ0v) is 10.2. The van der Waals surface area contributed by atoms with Gasteiger partial charge in [-0.15, -0.1) is 0 Å². The summed E-state index contributed by atoms with van der Waals surface area (Å²) in [6.45, 7) is 3.12. The Kier molecular flexibility index (Phi) is 2.55. The van der Waals surface area contributed by atoms with Crippen LogP contribution in [0.5, 0.6) is 0 Å². The van der Waals surface area contributed by atoms with Crippen LogP contribution in [0.2, 0.25) is 0 Å². The van der Waals surface area contributed by atoms with Gasteiger partial charge in [0.2, 0.25) is 0 Å². The molecule has 3 rings (SSSR count). The van der Waals surface area contributed by atoms with Crippen molar-refractivity contribution in [2.75, 3.05) is 0 Å². The molecule has 0 atom stereocenters. The van der Waals surface area contributed by atoms with Crippen LogP contribution in [0.4, 0.5) is 0 Å². The Labute approximate surface area is 104 Å². The summed E-state index contributed by atoms with van der Waals surface area (Å²) >= 11 is 0. The van der Waals surface area contributed by atoms with Gasteiger partial charge in [0.05, 0.1) is 23.8 Å². The van der Waals surface area contributed by atoms with Crippen molar-refractivity contribution < 1.29 is 4.42 Å². The maximum atomic E-state index is 12.3. The Morgan fingerprint density at radius 2 is 1.78 bits per heavy atom. The predicted octanol–water partition coefficient (Wildman–Crippen LogP) is 2.46. The summed E-state index contributed by atoms with van der Waals surface area (Å²) in [5.74, 6) is 0.788. The smallest absolute Gasteiger partial charge is 0.329 e. The van der Waals surface area contributed by atoms with E-state index in [9.17, 15) is 4.79 Å². The molecular weight excluding hydrogens is 228 g/mol. The quantitative estimate of drug-likeness (QED) is 0.707. The molecule has 0 saturated carbocycles. The summed E-state index contributed by atoms with van der Waals surface area (Å²) in [7, 11) is 0. The zero-order chi connectivity index (χ0) is 12.5. The summed E-state index contributed by atoms with van der Waals surface area (Å²) in [4.78, 5) is 12.3. The van der Waals surface area contributed by atoms with Gasteiger partial charge in [-0.3, -0.25) is 9.13 Å². The van der Waals surface area contributed by atoms with Gasteiger partial charge < -0.3 is 4.42 Å². The number of hydrogen-bond acceptors (Lipinski definition) is 2. The third-order valence-electron chi connectivity index (χ3n) is 3.14. The van der Waals surface area contributed by atoms with Crippen molar-refractivity contribution >= 4 is 11.0 Å². The standard InChI is InChI=1S/C14H14N2O2/c1-2-15-12-7-3-4-8-13(12)16(14(15)17)10-11-6-5-9-18-11/h3-9H,2,10H2,1H3. The van der Waals surface area contributed by atoms with Crippen LogP contribution in [0.15, 0.2) is 51.9 Å². The highest BCUT2D eigenvalue weighted by molar-refractivity contribution is 5.76. The number of imidazole rings is 1. The van der Waals surface area contributed by atoms with E-state index in [-0.39, 0.29) is 5.69 Å². The third kappa shape index (κ3) is 1.57. The van der Waals surface area contributed by atoms with Gasteiger partial charge >= 0.3 is 5.69 Å². The molecule has 0 saturated heterocycles. The van der Waals surface area contributed by atoms with Crippen LogP contribution in [0.25, 0.3) is 11.0 Å². The molecule has 0 fully saturated rings. The average molecular weight is 242 g/mol. The van der Waals surface area contributed by atoms with Gasteiger partial charge in [0.1, 0.15) is 5.76 Å². The predicted molar refractivity (Wildman–Crippen MR) is 69.7 cm³/mol. The lowest BCUT2D eigenvalue weighted by Gasteiger charge is -1.99. The number of rotatable bonds is 3. The maximum absolute atomic E-state index is 12.3. The second-order valence-electron chi connectivity index (χ2n) is 4.18. The fraction of sp³-hybridized carbons (Fsp3) is 0.214. The molecule has 1 aromatic carbocycles. The van der Waals surface area contributed by atoms with E-state index in [2.05, 4.69) is 0 Å². The number of para-hydroxylation sites is 2. The van der Waals surface area contributed by atoms with Crippen molar-refractivity contribution in [3.8, 4) is 0 Å². The molecule has 2 aromatic heterocycles. The number of aromatic nitrogens is 2. The molecule has 0 radical (unpaired) electrons. The van der Waals surface area contributed by atoms with Crippen LogP contribution in [-0.2, 0) is 13.1 Å². The molecule has 0 aliphatic rings. The second kappa shape index (κ2) is 4.22.